The van der Waals surface area contributed by atoms with Crippen LogP contribution in [-0.2, 0) is 22.4 Å². The number of Topliss-reactive ketones (excluding diaryl/α,β-unsaturated/α-hetero) is 1. The molecule has 0 bridgehead atoms. The van der Waals surface area contributed by atoms with Crippen LogP contribution in [0.4, 0.5) is 0 Å². The smallest absolute Gasteiger partial charge is 0.331 e. The molecule has 4 heteroatoms. The molecule has 0 aliphatic heterocycles. The number of hydrogen-bond donors (Lipinski definition) is 0. The summed E-state index contributed by atoms with van der Waals surface area (Å²) >= 11 is 1.54. The molecule has 0 atom stereocenters. The monoisotopic (exact) mass is 326 g/mol. The molecule has 1 aliphatic carbocycles. The van der Waals surface area contributed by atoms with E-state index in [2.05, 4.69) is 0 Å². The van der Waals surface area contributed by atoms with Gasteiger partial charge in [-0.05, 0) is 60.4 Å². The Kier molecular flexibility index (Phi) is 5.03. The van der Waals surface area contributed by atoms with E-state index in [-0.39, 0.29) is 12.4 Å². The number of aryl methyl sites for hydroxylation is 2. The molecule has 0 saturated heterocycles. The Bertz CT molecular complexity index is 729. The maximum atomic E-state index is 12.2. The van der Waals surface area contributed by atoms with E-state index in [0.717, 1.165) is 17.7 Å². The van der Waals surface area contributed by atoms with Crippen molar-refractivity contribution < 1.29 is 14.3 Å². The molecular weight excluding hydrogens is 308 g/mol. The maximum Gasteiger partial charge on any atom is 0.331 e. The van der Waals surface area contributed by atoms with Gasteiger partial charge in [-0.15, -0.1) is 11.3 Å². The second-order valence-electron chi connectivity index (χ2n) is 5.57. The van der Waals surface area contributed by atoms with Gasteiger partial charge in [0, 0.05) is 16.5 Å². The van der Waals surface area contributed by atoms with Crippen LogP contribution in [0.15, 0.2) is 41.8 Å². The topological polar surface area (TPSA) is 43.4 Å². The first-order chi connectivity index (χ1) is 11.2. The van der Waals surface area contributed by atoms with Gasteiger partial charge in [-0.3, -0.25) is 4.79 Å². The minimum absolute atomic E-state index is 0.156. The molecule has 0 N–H and O–H groups in total. The number of carbonyl (C=O) groups excluding carboxylic acids is 2. The quantitative estimate of drug-likeness (QED) is 0.473. The third-order valence-electron chi connectivity index (χ3n) is 3.94. The molecule has 118 valence electrons. The molecule has 2 aromatic rings. The van der Waals surface area contributed by atoms with E-state index in [9.17, 15) is 9.59 Å². The zero-order valence-corrected chi connectivity index (χ0v) is 13.6. The summed E-state index contributed by atoms with van der Waals surface area (Å²) in [6.45, 7) is -0.216. The number of rotatable bonds is 5. The highest BCUT2D eigenvalue weighted by Gasteiger charge is 2.13. The van der Waals surface area contributed by atoms with Gasteiger partial charge in [0.05, 0.1) is 0 Å². The van der Waals surface area contributed by atoms with E-state index in [1.165, 1.54) is 41.4 Å². The molecule has 1 aromatic carbocycles. The molecule has 0 fully saturated rings. The van der Waals surface area contributed by atoms with Crippen LogP contribution in [0.3, 0.4) is 0 Å². The van der Waals surface area contributed by atoms with Crippen molar-refractivity contribution >= 4 is 29.2 Å². The summed E-state index contributed by atoms with van der Waals surface area (Å²) in [5.41, 5.74) is 3.22. The average Bonchev–Trinajstić information content (AvgIpc) is 3.11. The predicted octanol–water partition coefficient (Wildman–Crippen LogP) is 4.07. The first-order valence-electron chi connectivity index (χ1n) is 7.76. The van der Waals surface area contributed by atoms with Gasteiger partial charge >= 0.3 is 5.97 Å². The van der Waals surface area contributed by atoms with Crippen LogP contribution in [0.2, 0.25) is 0 Å². The van der Waals surface area contributed by atoms with Crippen molar-refractivity contribution in [1.82, 2.24) is 0 Å². The lowest BCUT2D eigenvalue weighted by molar-refractivity contribution is -0.136. The molecule has 23 heavy (non-hydrogen) atoms. The standard InChI is InChI=1S/C19H18O3S/c20-18(13-22-19(21)10-9-17-6-3-11-23-17)16-8-7-14-4-1-2-5-15(14)12-16/h3,6-12H,1-2,4-5,13H2/b10-9+. The summed E-state index contributed by atoms with van der Waals surface area (Å²) in [6.07, 6.45) is 7.55. The second kappa shape index (κ2) is 7.38. The number of ketones is 1. The van der Waals surface area contributed by atoms with Crippen molar-refractivity contribution in [2.75, 3.05) is 6.61 Å². The number of carbonyl (C=O) groups is 2. The molecule has 3 rings (SSSR count). The van der Waals surface area contributed by atoms with Crippen LogP contribution in [0.5, 0.6) is 0 Å². The molecule has 1 aliphatic rings. The van der Waals surface area contributed by atoms with Crippen LogP contribution >= 0.6 is 11.3 Å². The summed E-state index contributed by atoms with van der Waals surface area (Å²) in [6, 6.07) is 9.64. The summed E-state index contributed by atoms with van der Waals surface area (Å²) in [4.78, 5) is 24.8. The summed E-state index contributed by atoms with van der Waals surface area (Å²) in [7, 11) is 0. The highest BCUT2D eigenvalue weighted by Crippen LogP contribution is 2.22. The van der Waals surface area contributed by atoms with Crippen LogP contribution in [0.1, 0.15) is 39.2 Å². The number of fused-ring (bicyclic) bond motifs is 1. The number of esters is 1. The largest absolute Gasteiger partial charge is 0.454 e. The fraction of sp³-hybridized carbons (Fsp3) is 0.263. The zero-order valence-electron chi connectivity index (χ0n) is 12.8. The normalized spacial score (nSPS) is 13.7. The number of ether oxygens (including phenoxy) is 1. The van der Waals surface area contributed by atoms with Gasteiger partial charge in [-0.2, -0.15) is 0 Å². The Morgan fingerprint density at radius 2 is 1.96 bits per heavy atom. The van der Waals surface area contributed by atoms with Crippen molar-refractivity contribution in [2.24, 2.45) is 0 Å². The van der Waals surface area contributed by atoms with Crippen molar-refractivity contribution in [3.8, 4) is 0 Å². The van der Waals surface area contributed by atoms with Crippen LogP contribution in [0, 0.1) is 0 Å². The van der Waals surface area contributed by atoms with Crippen LogP contribution in [-0.4, -0.2) is 18.4 Å². The first kappa shape index (κ1) is 15.7. The van der Waals surface area contributed by atoms with Crippen molar-refractivity contribution in [2.45, 2.75) is 25.7 Å². The second-order valence-corrected chi connectivity index (χ2v) is 6.55. The van der Waals surface area contributed by atoms with Crippen LogP contribution < -0.4 is 0 Å². The molecular formula is C19H18O3S. The number of benzene rings is 1. The fourth-order valence-corrected chi connectivity index (χ4v) is 3.33. The Hall–Kier alpha value is -2.20. The van der Waals surface area contributed by atoms with Crippen LogP contribution in [0.25, 0.3) is 6.08 Å². The molecule has 0 spiro atoms. The molecule has 3 nitrogen and oxygen atoms in total. The Morgan fingerprint density at radius 3 is 2.74 bits per heavy atom. The lowest BCUT2D eigenvalue weighted by Crippen LogP contribution is -2.13. The summed E-state index contributed by atoms with van der Waals surface area (Å²) < 4.78 is 5.03. The van der Waals surface area contributed by atoms with Gasteiger partial charge in [0.2, 0.25) is 0 Å². The van der Waals surface area contributed by atoms with Gasteiger partial charge in [-0.1, -0.05) is 18.2 Å². The number of hydrogen-bond acceptors (Lipinski definition) is 4. The Morgan fingerprint density at radius 1 is 1.13 bits per heavy atom. The van der Waals surface area contributed by atoms with Crippen molar-refractivity contribution in [1.29, 1.82) is 0 Å². The first-order valence-corrected chi connectivity index (χ1v) is 8.64. The third kappa shape index (κ3) is 4.17. The Balaban J connectivity index is 1.56. The Labute approximate surface area is 139 Å². The molecule has 0 unspecified atom stereocenters. The van der Waals surface area contributed by atoms with Crippen molar-refractivity contribution in [3.05, 3.63) is 63.4 Å². The molecule has 0 radical (unpaired) electrons. The molecule has 1 heterocycles. The van der Waals surface area contributed by atoms with Crippen molar-refractivity contribution in [3.63, 3.8) is 0 Å². The van der Waals surface area contributed by atoms with E-state index in [4.69, 9.17) is 4.74 Å². The minimum atomic E-state index is -0.496. The van der Waals surface area contributed by atoms with E-state index in [0.29, 0.717) is 5.56 Å². The van der Waals surface area contributed by atoms with Gasteiger partial charge in [0.15, 0.2) is 12.4 Å². The molecule has 1 aromatic heterocycles. The lowest BCUT2D eigenvalue weighted by atomic mass is 9.90. The van der Waals surface area contributed by atoms with E-state index < -0.39 is 5.97 Å². The highest BCUT2D eigenvalue weighted by atomic mass is 32.1. The summed E-state index contributed by atoms with van der Waals surface area (Å²) in [5.74, 6) is -0.652. The van der Waals surface area contributed by atoms with E-state index >= 15 is 0 Å². The predicted molar refractivity (Wildman–Crippen MR) is 91.7 cm³/mol. The lowest BCUT2D eigenvalue weighted by Gasteiger charge is -2.16. The van der Waals surface area contributed by atoms with Gasteiger partial charge in [0.25, 0.3) is 0 Å². The molecule has 0 amide bonds. The van der Waals surface area contributed by atoms with E-state index in [1.54, 1.807) is 6.08 Å². The van der Waals surface area contributed by atoms with Gasteiger partial charge < -0.3 is 4.74 Å². The fourth-order valence-electron chi connectivity index (χ4n) is 2.71. The third-order valence-corrected chi connectivity index (χ3v) is 4.78. The molecule has 0 saturated carbocycles. The number of thiophene rings is 1. The SMILES string of the molecule is O=C(/C=C/c1cccs1)OCC(=O)c1ccc2c(c1)CCCC2. The van der Waals surface area contributed by atoms with Gasteiger partial charge in [-0.25, -0.2) is 4.79 Å². The summed E-state index contributed by atoms with van der Waals surface area (Å²) in [5, 5.41) is 1.94. The maximum absolute atomic E-state index is 12.2. The van der Waals surface area contributed by atoms with E-state index in [1.807, 2.05) is 35.7 Å². The minimum Gasteiger partial charge on any atom is -0.454 e. The zero-order chi connectivity index (χ0) is 16.1. The highest BCUT2D eigenvalue weighted by molar-refractivity contribution is 7.10. The average molecular weight is 326 g/mol. The van der Waals surface area contributed by atoms with Gasteiger partial charge in [0.1, 0.15) is 0 Å².